The molecule has 0 spiro atoms. The maximum absolute atomic E-state index is 12.0. The van der Waals surface area contributed by atoms with Gasteiger partial charge in [0.15, 0.2) is 5.69 Å². The van der Waals surface area contributed by atoms with Crippen LogP contribution >= 0.6 is 0 Å². The molecule has 2 heterocycles. The summed E-state index contributed by atoms with van der Waals surface area (Å²) in [5.74, 6) is 0.0401. The molecule has 1 aliphatic rings. The van der Waals surface area contributed by atoms with Crippen LogP contribution < -0.4 is 10.6 Å². The Morgan fingerprint density at radius 3 is 3.00 bits per heavy atom. The van der Waals surface area contributed by atoms with E-state index in [4.69, 9.17) is 19.6 Å². The summed E-state index contributed by atoms with van der Waals surface area (Å²) in [5, 5.41) is 0. The number of piperidine rings is 1. The van der Waals surface area contributed by atoms with Gasteiger partial charge in [-0.25, -0.2) is 4.79 Å². The van der Waals surface area contributed by atoms with E-state index >= 15 is 0 Å². The highest BCUT2D eigenvalue weighted by Crippen LogP contribution is 2.23. The minimum Gasteiger partial charge on any atom is -0.461 e. The number of carbonyl (C=O) groups excluding carboxylic acids is 1. The van der Waals surface area contributed by atoms with Crippen molar-refractivity contribution in [2.75, 3.05) is 31.7 Å². The van der Waals surface area contributed by atoms with Crippen LogP contribution in [0.1, 0.15) is 42.4 Å². The smallest absolute Gasteiger partial charge is 0.360 e. The Bertz CT molecular complexity index is 503. The maximum Gasteiger partial charge on any atom is 0.360 e. The lowest BCUT2D eigenvalue weighted by Gasteiger charge is -2.34. The van der Waals surface area contributed by atoms with Gasteiger partial charge in [-0.2, -0.15) is 4.98 Å². The van der Waals surface area contributed by atoms with Gasteiger partial charge in [-0.15, -0.1) is 0 Å². The Morgan fingerprint density at radius 2 is 2.32 bits per heavy atom. The lowest BCUT2D eigenvalue weighted by atomic mass is 10.0. The second-order valence-corrected chi connectivity index (χ2v) is 5.56. The third-order valence-corrected chi connectivity index (χ3v) is 3.89. The van der Waals surface area contributed by atoms with E-state index in [1.807, 2.05) is 11.8 Å². The Labute approximate surface area is 130 Å². The summed E-state index contributed by atoms with van der Waals surface area (Å²) in [6.45, 7) is 5.49. The molecule has 2 atom stereocenters. The van der Waals surface area contributed by atoms with Crippen molar-refractivity contribution in [3.8, 4) is 0 Å². The number of carbonyl (C=O) groups is 1. The van der Waals surface area contributed by atoms with Crippen LogP contribution in [0.2, 0.25) is 0 Å². The van der Waals surface area contributed by atoms with Crippen molar-refractivity contribution in [3.63, 3.8) is 0 Å². The highest BCUT2D eigenvalue weighted by molar-refractivity contribution is 5.88. The van der Waals surface area contributed by atoms with E-state index in [2.05, 4.69) is 4.98 Å². The largest absolute Gasteiger partial charge is 0.461 e. The Morgan fingerprint density at radius 1 is 1.55 bits per heavy atom. The molecule has 0 aliphatic carbocycles. The number of hydrogen-bond acceptors (Lipinski definition) is 7. The van der Waals surface area contributed by atoms with Crippen molar-refractivity contribution in [2.24, 2.45) is 5.73 Å². The minimum atomic E-state index is -0.432. The van der Waals surface area contributed by atoms with E-state index < -0.39 is 5.97 Å². The Hall–Kier alpha value is -1.60. The van der Waals surface area contributed by atoms with E-state index in [0.717, 1.165) is 25.8 Å². The van der Waals surface area contributed by atoms with Gasteiger partial charge in [0.2, 0.25) is 0 Å². The van der Waals surface area contributed by atoms with Gasteiger partial charge in [0.1, 0.15) is 5.76 Å². The molecule has 1 fully saturated rings. The van der Waals surface area contributed by atoms with Crippen LogP contribution in [0.25, 0.3) is 0 Å². The zero-order chi connectivity index (χ0) is 16.1. The Kier molecular flexibility index (Phi) is 5.79. The minimum absolute atomic E-state index is 0.00999. The molecule has 0 aromatic carbocycles. The first-order valence-corrected chi connectivity index (χ1v) is 7.74. The fraction of sp³-hybridized carbons (Fsp3) is 0.733. The third kappa shape index (κ3) is 3.78. The summed E-state index contributed by atoms with van der Waals surface area (Å²) in [7, 11) is 1.64. The number of ether oxygens (including phenoxy) is 2. The molecule has 0 bridgehead atoms. The molecule has 0 radical (unpaired) electrons. The monoisotopic (exact) mass is 311 g/mol. The molecule has 1 saturated heterocycles. The van der Waals surface area contributed by atoms with Gasteiger partial charge in [0, 0.05) is 19.7 Å². The fourth-order valence-corrected chi connectivity index (χ4v) is 2.44. The molecule has 1 aromatic rings. The number of aryl methyl sites for hydroxylation is 1. The zero-order valence-electron chi connectivity index (χ0n) is 13.5. The normalized spacial score (nSPS) is 21.9. The summed E-state index contributed by atoms with van der Waals surface area (Å²) < 4.78 is 16.2. The quantitative estimate of drug-likeness (QED) is 0.628. The number of aromatic nitrogens is 1. The van der Waals surface area contributed by atoms with Crippen LogP contribution in [0.3, 0.4) is 0 Å². The number of nitrogens with two attached hydrogens (primary N) is 1. The van der Waals surface area contributed by atoms with Crippen molar-refractivity contribution in [1.29, 1.82) is 0 Å². The molecule has 7 heteroatoms. The first-order chi connectivity index (χ1) is 10.6. The van der Waals surface area contributed by atoms with Crippen LogP contribution in [-0.2, 0) is 9.47 Å². The van der Waals surface area contributed by atoms with Gasteiger partial charge in [-0.05, 0) is 19.8 Å². The van der Waals surface area contributed by atoms with Gasteiger partial charge >= 0.3 is 5.97 Å². The molecular weight excluding hydrogens is 286 g/mol. The predicted molar refractivity (Wildman–Crippen MR) is 82.0 cm³/mol. The molecular formula is C15H25N3O4. The molecule has 2 rings (SSSR count). The zero-order valence-corrected chi connectivity index (χ0v) is 13.5. The predicted octanol–water partition coefficient (Wildman–Crippen LogP) is 1.49. The number of anilines is 1. The number of unbranched alkanes of at least 4 members (excludes halogenated alkanes) is 1. The van der Waals surface area contributed by atoms with E-state index in [9.17, 15) is 4.79 Å². The average Bonchev–Trinajstić information content (AvgIpc) is 2.90. The number of methoxy groups -OCH3 is 1. The Balaban J connectivity index is 2.04. The van der Waals surface area contributed by atoms with Crippen LogP contribution in [0, 0.1) is 6.92 Å². The number of oxazole rings is 1. The standard InChI is InChI=1S/C15H25N3O4/c1-4-5-8-21-14(19)13-10(2)22-15(17-13)18-7-6-11(16)12(9-18)20-3/h11-12H,4-9,16H2,1-3H3. The molecule has 7 nitrogen and oxygen atoms in total. The van der Waals surface area contributed by atoms with Crippen molar-refractivity contribution < 1.29 is 18.7 Å². The molecule has 2 N–H and O–H groups in total. The van der Waals surface area contributed by atoms with Crippen molar-refractivity contribution in [1.82, 2.24) is 4.98 Å². The van der Waals surface area contributed by atoms with Gasteiger partial charge in [-0.1, -0.05) is 13.3 Å². The van der Waals surface area contributed by atoms with E-state index in [1.165, 1.54) is 0 Å². The summed E-state index contributed by atoms with van der Waals surface area (Å²) in [6, 6.07) is 0.435. The SMILES string of the molecule is CCCCOC(=O)c1nc(N2CCC(N)C(OC)C2)oc1C. The van der Waals surface area contributed by atoms with Crippen LogP contribution in [-0.4, -0.2) is 49.9 Å². The van der Waals surface area contributed by atoms with Gasteiger partial charge in [0.05, 0.1) is 19.3 Å². The number of rotatable bonds is 6. The molecule has 1 aliphatic heterocycles. The fourth-order valence-electron chi connectivity index (χ4n) is 2.44. The van der Waals surface area contributed by atoms with E-state index in [0.29, 0.717) is 24.9 Å². The first kappa shape index (κ1) is 16.8. The van der Waals surface area contributed by atoms with Crippen molar-refractivity contribution >= 4 is 12.0 Å². The second-order valence-electron chi connectivity index (χ2n) is 5.56. The molecule has 22 heavy (non-hydrogen) atoms. The van der Waals surface area contributed by atoms with Crippen molar-refractivity contribution in [3.05, 3.63) is 11.5 Å². The maximum atomic E-state index is 12.0. The highest BCUT2D eigenvalue weighted by atomic mass is 16.5. The van der Waals surface area contributed by atoms with Crippen LogP contribution in [0.4, 0.5) is 6.01 Å². The first-order valence-electron chi connectivity index (χ1n) is 7.74. The molecule has 124 valence electrons. The van der Waals surface area contributed by atoms with Gasteiger partial charge in [-0.3, -0.25) is 0 Å². The molecule has 0 amide bonds. The lowest BCUT2D eigenvalue weighted by Crippen LogP contribution is -2.51. The van der Waals surface area contributed by atoms with Gasteiger partial charge < -0.3 is 24.5 Å². The number of esters is 1. The second kappa shape index (κ2) is 7.60. The van der Waals surface area contributed by atoms with E-state index in [-0.39, 0.29) is 17.8 Å². The van der Waals surface area contributed by atoms with Crippen molar-refractivity contribution in [2.45, 2.75) is 45.3 Å². The summed E-state index contributed by atoms with van der Waals surface area (Å²) >= 11 is 0. The molecule has 0 saturated carbocycles. The van der Waals surface area contributed by atoms with E-state index in [1.54, 1.807) is 14.0 Å². The highest BCUT2D eigenvalue weighted by Gasteiger charge is 2.30. The third-order valence-electron chi connectivity index (χ3n) is 3.89. The number of nitrogens with zero attached hydrogens (tertiary/aromatic N) is 2. The van der Waals surface area contributed by atoms with Gasteiger partial charge in [0.25, 0.3) is 6.01 Å². The average molecular weight is 311 g/mol. The summed E-state index contributed by atoms with van der Waals surface area (Å²) in [5.41, 5.74) is 6.25. The van der Waals surface area contributed by atoms with Crippen LogP contribution in [0.15, 0.2) is 4.42 Å². The molecule has 1 aromatic heterocycles. The summed E-state index contributed by atoms with van der Waals surface area (Å²) in [6.07, 6.45) is 2.54. The number of hydrogen-bond donors (Lipinski definition) is 1. The molecule has 2 unspecified atom stereocenters. The lowest BCUT2D eigenvalue weighted by molar-refractivity contribution is 0.0491. The van der Waals surface area contributed by atoms with Crippen LogP contribution in [0.5, 0.6) is 0 Å². The topological polar surface area (TPSA) is 90.8 Å². The summed E-state index contributed by atoms with van der Waals surface area (Å²) in [4.78, 5) is 18.2.